The molecule has 3 N–H and O–H groups in total. The summed E-state index contributed by atoms with van der Waals surface area (Å²) in [6.07, 6.45) is 4.63. The van der Waals surface area contributed by atoms with E-state index in [1.165, 1.54) is 7.11 Å². The van der Waals surface area contributed by atoms with Gasteiger partial charge in [0.15, 0.2) is 0 Å². The Balaban J connectivity index is 0.00000400. The third-order valence-electron chi connectivity index (χ3n) is 3.42. The van der Waals surface area contributed by atoms with Gasteiger partial charge in [-0.15, -0.1) is 12.4 Å². The van der Waals surface area contributed by atoms with E-state index in [4.69, 9.17) is 10.5 Å². The molecule has 1 amide bonds. The van der Waals surface area contributed by atoms with E-state index < -0.39 is 16.1 Å². The minimum Gasteiger partial charge on any atom is -0.383 e. The summed E-state index contributed by atoms with van der Waals surface area (Å²) in [5, 5.41) is 0. The number of carbonyl (C=O) groups is 1. The first-order chi connectivity index (χ1) is 9.35. The Hall–Kier alpha value is -0.410. The molecular weight excluding hydrogens is 318 g/mol. The van der Waals surface area contributed by atoms with Gasteiger partial charge in [-0.2, -0.15) is 0 Å². The van der Waals surface area contributed by atoms with Crippen LogP contribution in [0.4, 0.5) is 0 Å². The molecule has 0 aliphatic carbocycles. The topological polar surface area (TPSA) is 102 Å². The molecule has 1 rings (SSSR count). The number of methoxy groups -OCH3 is 1. The van der Waals surface area contributed by atoms with Gasteiger partial charge in [0.1, 0.15) is 6.04 Å². The van der Waals surface area contributed by atoms with E-state index in [2.05, 4.69) is 4.72 Å². The third kappa shape index (κ3) is 7.42. The Morgan fingerprint density at radius 1 is 1.48 bits per heavy atom. The smallest absolute Gasteiger partial charge is 0.242 e. The first-order valence-electron chi connectivity index (χ1n) is 6.85. The Morgan fingerprint density at radius 2 is 2.14 bits per heavy atom. The second-order valence-corrected chi connectivity index (χ2v) is 7.03. The second kappa shape index (κ2) is 9.58. The molecule has 0 aromatic heterocycles. The van der Waals surface area contributed by atoms with Crippen LogP contribution in [-0.4, -0.2) is 64.4 Å². The maximum absolute atomic E-state index is 12.2. The van der Waals surface area contributed by atoms with Gasteiger partial charge in [0.05, 0.1) is 12.9 Å². The van der Waals surface area contributed by atoms with E-state index in [0.717, 1.165) is 25.5 Å². The van der Waals surface area contributed by atoms with Crippen molar-refractivity contribution in [1.82, 2.24) is 9.62 Å². The van der Waals surface area contributed by atoms with Crippen LogP contribution in [-0.2, 0) is 19.6 Å². The SMILES string of the molecule is COCC(N)C(=O)N1CCCCC1CCNS(C)(=O)=O.Cl. The number of nitrogens with one attached hydrogen (secondary N) is 1. The highest BCUT2D eigenvalue weighted by Gasteiger charge is 2.29. The largest absolute Gasteiger partial charge is 0.383 e. The van der Waals surface area contributed by atoms with Crippen molar-refractivity contribution in [3.63, 3.8) is 0 Å². The van der Waals surface area contributed by atoms with Crippen LogP contribution in [0.25, 0.3) is 0 Å². The summed E-state index contributed by atoms with van der Waals surface area (Å²) < 4.78 is 29.5. The van der Waals surface area contributed by atoms with E-state index in [0.29, 0.717) is 19.5 Å². The number of rotatable bonds is 7. The molecule has 9 heteroatoms. The van der Waals surface area contributed by atoms with Crippen LogP contribution in [0, 0.1) is 0 Å². The van der Waals surface area contributed by atoms with Gasteiger partial charge in [-0.1, -0.05) is 0 Å². The zero-order valence-corrected chi connectivity index (χ0v) is 14.2. The number of hydrogen-bond acceptors (Lipinski definition) is 5. The van der Waals surface area contributed by atoms with Gasteiger partial charge in [0.2, 0.25) is 15.9 Å². The zero-order chi connectivity index (χ0) is 15.2. The van der Waals surface area contributed by atoms with Crippen LogP contribution in [0.2, 0.25) is 0 Å². The van der Waals surface area contributed by atoms with Crippen molar-refractivity contribution in [3.8, 4) is 0 Å². The number of sulfonamides is 1. The van der Waals surface area contributed by atoms with Crippen LogP contribution in [0.3, 0.4) is 0 Å². The average molecular weight is 344 g/mol. The molecule has 0 spiro atoms. The van der Waals surface area contributed by atoms with Gasteiger partial charge >= 0.3 is 0 Å². The number of hydrogen-bond donors (Lipinski definition) is 2. The van der Waals surface area contributed by atoms with Gasteiger partial charge in [0, 0.05) is 26.2 Å². The molecule has 7 nitrogen and oxygen atoms in total. The summed E-state index contributed by atoms with van der Waals surface area (Å²) in [6, 6.07) is -0.600. The molecule has 0 bridgehead atoms. The summed E-state index contributed by atoms with van der Waals surface area (Å²) in [5.41, 5.74) is 5.79. The molecule has 1 saturated heterocycles. The van der Waals surface area contributed by atoms with Crippen molar-refractivity contribution >= 4 is 28.3 Å². The number of carbonyl (C=O) groups excluding carboxylic acids is 1. The van der Waals surface area contributed by atoms with Crippen molar-refractivity contribution in [2.75, 3.05) is 33.1 Å². The Bertz CT molecular complexity index is 419. The Kier molecular flexibility index (Phi) is 9.39. The highest BCUT2D eigenvalue weighted by atomic mass is 35.5. The van der Waals surface area contributed by atoms with Gasteiger partial charge < -0.3 is 15.4 Å². The fourth-order valence-corrected chi connectivity index (χ4v) is 2.95. The molecule has 0 radical (unpaired) electrons. The van der Waals surface area contributed by atoms with E-state index in [1.54, 1.807) is 4.90 Å². The fraction of sp³-hybridized carbons (Fsp3) is 0.917. The highest BCUT2D eigenvalue weighted by Crippen LogP contribution is 2.20. The minimum absolute atomic E-state index is 0. The van der Waals surface area contributed by atoms with E-state index in [-0.39, 0.29) is 31.0 Å². The van der Waals surface area contributed by atoms with Crippen molar-refractivity contribution in [2.24, 2.45) is 5.73 Å². The molecular formula is C12H26ClN3O4S. The summed E-state index contributed by atoms with van der Waals surface area (Å²) in [5.74, 6) is -0.115. The maximum Gasteiger partial charge on any atom is 0.242 e. The van der Waals surface area contributed by atoms with Crippen LogP contribution in [0.15, 0.2) is 0 Å². The average Bonchev–Trinajstić information content (AvgIpc) is 2.37. The first-order valence-corrected chi connectivity index (χ1v) is 8.74. The van der Waals surface area contributed by atoms with E-state index in [1.807, 2.05) is 0 Å². The molecule has 2 unspecified atom stereocenters. The van der Waals surface area contributed by atoms with Crippen molar-refractivity contribution in [1.29, 1.82) is 0 Å². The molecule has 1 aliphatic rings. The molecule has 0 saturated carbocycles. The lowest BCUT2D eigenvalue weighted by Gasteiger charge is -2.37. The number of piperidine rings is 1. The molecule has 0 aromatic rings. The first kappa shape index (κ1) is 20.6. The normalized spacial score (nSPS) is 20.7. The predicted octanol–water partition coefficient (Wildman–Crippen LogP) is -0.298. The molecule has 1 fully saturated rings. The molecule has 0 aromatic carbocycles. The van der Waals surface area contributed by atoms with Gasteiger partial charge in [-0.3, -0.25) is 4.79 Å². The van der Waals surface area contributed by atoms with Crippen LogP contribution in [0.1, 0.15) is 25.7 Å². The summed E-state index contributed by atoms with van der Waals surface area (Å²) in [6.45, 7) is 1.22. The quantitative estimate of drug-likeness (QED) is 0.661. The lowest BCUT2D eigenvalue weighted by Crippen LogP contribution is -2.52. The highest BCUT2D eigenvalue weighted by molar-refractivity contribution is 7.88. The number of ether oxygens (including phenoxy) is 1. The maximum atomic E-state index is 12.2. The predicted molar refractivity (Wildman–Crippen MR) is 83.9 cm³/mol. The molecule has 1 aliphatic heterocycles. The lowest BCUT2D eigenvalue weighted by molar-refractivity contribution is -0.137. The van der Waals surface area contributed by atoms with Crippen molar-refractivity contribution < 1.29 is 17.9 Å². The van der Waals surface area contributed by atoms with E-state index >= 15 is 0 Å². The standard InChI is InChI=1S/C12H25N3O4S.ClH/c1-19-9-11(13)12(16)15-8-4-3-5-10(15)6-7-14-20(2,17)18;/h10-11,14H,3-9,13H2,1-2H3;1H. The van der Waals surface area contributed by atoms with Gasteiger partial charge in [0.25, 0.3) is 0 Å². The summed E-state index contributed by atoms with van der Waals surface area (Å²) in [4.78, 5) is 14.0. The Morgan fingerprint density at radius 3 is 2.71 bits per heavy atom. The van der Waals surface area contributed by atoms with Crippen molar-refractivity contribution in [3.05, 3.63) is 0 Å². The third-order valence-corrected chi connectivity index (χ3v) is 4.14. The van der Waals surface area contributed by atoms with Gasteiger partial charge in [-0.05, 0) is 25.7 Å². The number of amides is 1. The van der Waals surface area contributed by atoms with E-state index in [9.17, 15) is 13.2 Å². The monoisotopic (exact) mass is 343 g/mol. The number of nitrogens with two attached hydrogens (primary N) is 1. The molecule has 1 heterocycles. The van der Waals surface area contributed by atoms with Crippen LogP contribution >= 0.6 is 12.4 Å². The number of halogens is 1. The number of nitrogens with zero attached hydrogens (tertiary/aromatic N) is 1. The minimum atomic E-state index is -3.19. The molecule has 2 atom stereocenters. The number of likely N-dealkylation sites (tertiary alicyclic amines) is 1. The lowest BCUT2D eigenvalue weighted by atomic mass is 9.98. The zero-order valence-electron chi connectivity index (χ0n) is 12.6. The van der Waals surface area contributed by atoms with Crippen molar-refractivity contribution in [2.45, 2.75) is 37.8 Å². The summed E-state index contributed by atoms with van der Waals surface area (Å²) in [7, 11) is -1.67. The molecule has 21 heavy (non-hydrogen) atoms. The Labute approximate surface area is 133 Å². The summed E-state index contributed by atoms with van der Waals surface area (Å²) >= 11 is 0. The fourth-order valence-electron chi connectivity index (χ4n) is 2.47. The van der Waals surface area contributed by atoms with Gasteiger partial charge in [-0.25, -0.2) is 13.1 Å². The second-order valence-electron chi connectivity index (χ2n) is 5.20. The van der Waals surface area contributed by atoms with Crippen LogP contribution in [0.5, 0.6) is 0 Å². The van der Waals surface area contributed by atoms with Crippen LogP contribution < -0.4 is 10.5 Å². The molecule has 126 valence electrons.